The lowest BCUT2D eigenvalue weighted by Crippen LogP contribution is -2.32. The lowest BCUT2D eigenvalue weighted by molar-refractivity contribution is -0.115. The smallest absolute Gasteiger partial charge is 0.242 e. The number of benzene rings is 2. The highest BCUT2D eigenvalue weighted by Gasteiger charge is 2.29. The van der Waals surface area contributed by atoms with Crippen molar-refractivity contribution in [1.29, 1.82) is 0 Å². The Morgan fingerprint density at radius 2 is 1.67 bits per heavy atom. The number of anilines is 1. The number of hydrogen-bond donors (Lipinski definition) is 2. The summed E-state index contributed by atoms with van der Waals surface area (Å²) in [7, 11) is -3.75. The van der Waals surface area contributed by atoms with Crippen LogP contribution in [0, 0.1) is 6.92 Å². The van der Waals surface area contributed by atoms with Crippen LogP contribution in [0.4, 0.5) is 5.69 Å². The zero-order valence-electron chi connectivity index (χ0n) is 14.3. The molecule has 1 atom stereocenters. The van der Waals surface area contributed by atoms with Crippen LogP contribution >= 0.6 is 0 Å². The van der Waals surface area contributed by atoms with E-state index in [0.717, 1.165) is 0 Å². The van der Waals surface area contributed by atoms with Gasteiger partial charge >= 0.3 is 0 Å². The molecule has 0 bridgehead atoms. The molecule has 0 aromatic heterocycles. The van der Waals surface area contributed by atoms with Crippen molar-refractivity contribution < 1.29 is 18.3 Å². The van der Waals surface area contributed by atoms with Crippen molar-refractivity contribution >= 4 is 21.4 Å². The molecule has 6 heteroatoms. The minimum atomic E-state index is -3.75. The molecule has 2 N–H and O–H groups in total. The molecule has 2 aromatic rings. The van der Waals surface area contributed by atoms with Crippen molar-refractivity contribution in [3.05, 3.63) is 54.1 Å². The summed E-state index contributed by atoms with van der Waals surface area (Å²) in [5, 5.41) is 10.9. The third-order valence-corrected chi connectivity index (χ3v) is 5.46. The third kappa shape index (κ3) is 4.58. The van der Waals surface area contributed by atoms with Gasteiger partial charge in [0.2, 0.25) is 5.91 Å². The van der Waals surface area contributed by atoms with Crippen LogP contribution in [0.5, 0.6) is 5.75 Å². The number of carbonyl (C=O) groups excluding carboxylic acids is 1. The van der Waals surface area contributed by atoms with Crippen molar-refractivity contribution in [2.45, 2.75) is 37.8 Å². The molecule has 0 saturated carbocycles. The number of sulfone groups is 1. The van der Waals surface area contributed by atoms with Gasteiger partial charge in [0.25, 0.3) is 0 Å². The first kappa shape index (κ1) is 19.7. The summed E-state index contributed by atoms with van der Waals surface area (Å²) < 4.78 is 24.7. The summed E-state index contributed by atoms with van der Waals surface area (Å²) in [5.74, 6) is -0.608. The minimum absolute atomic E-state index is 0.0383. The standard InChI is InChI=1S/C16H17NO4S.C2H6/c1-11-8-9-13(10-15(11)18)17-16(19)12(2)22(20,21)14-6-4-3-5-7-14;1-2/h3-10,12,18H,1-2H3,(H,17,19);1-2H3. The number of aromatic hydroxyl groups is 1. The molecule has 2 aromatic carbocycles. The van der Waals surface area contributed by atoms with Crippen LogP contribution in [-0.2, 0) is 14.6 Å². The second kappa shape index (κ2) is 8.49. The fourth-order valence-electron chi connectivity index (χ4n) is 1.89. The Bertz CT molecular complexity index is 786. The lowest BCUT2D eigenvalue weighted by atomic mass is 10.2. The van der Waals surface area contributed by atoms with Crippen LogP contribution in [0.15, 0.2) is 53.4 Å². The van der Waals surface area contributed by atoms with E-state index in [1.807, 2.05) is 13.8 Å². The largest absolute Gasteiger partial charge is 0.508 e. The van der Waals surface area contributed by atoms with Crippen molar-refractivity contribution in [1.82, 2.24) is 0 Å². The molecule has 0 aliphatic heterocycles. The van der Waals surface area contributed by atoms with E-state index >= 15 is 0 Å². The maximum Gasteiger partial charge on any atom is 0.242 e. The van der Waals surface area contributed by atoms with Crippen molar-refractivity contribution in [2.75, 3.05) is 5.32 Å². The first-order valence-corrected chi connectivity index (χ1v) is 9.26. The summed E-state index contributed by atoms with van der Waals surface area (Å²) in [6.45, 7) is 7.06. The molecule has 0 aliphatic rings. The molecule has 130 valence electrons. The van der Waals surface area contributed by atoms with E-state index in [2.05, 4.69) is 5.32 Å². The summed E-state index contributed by atoms with van der Waals surface area (Å²) in [4.78, 5) is 12.3. The van der Waals surface area contributed by atoms with Gasteiger partial charge in [0.05, 0.1) is 4.90 Å². The Balaban J connectivity index is 0.00000139. The molecular weight excluding hydrogens is 326 g/mol. The van der Waals surface area contributed by atoms with Gasteiger partial charge < -0.3 is 10.4 Å². The normalized spacial score (nSPS) is 11.8. The lowest BCUT2D eigenvalue weighted by Gasteiger charge is -2.14. The second-order valence-electron chi connectivity index (χ2n) is 4.99. The van der Waals surface area contributed by atoms with E-state index in [4.69, 9.17) is 0 Å². The average Bonchev–Trinajstić information content (AvgIpc) is 2.60. The van der Waals surface area contributed by atoms with Gasteiger partial charge in [0, 0.05) is 11.8 Å². The number of rotatable bonds is 4. The second-order valence-corrected chi connectivity index (χ2v) is 7.26. The third-order valence-electron chi connectivity index (χ3n) is 3.38. The number of carbonyl (C=O) groups is 1. The summed E-state index contributed by atoms with van der Waals surface area (Å²) in [6, 6.07) is 12.5. The molecule has 0 spiro atoms. The number of phenolic OH excluding ortho intramolecular Hbond substituents is 1. The highest BCUT2D eigenvalue weighted by atomic mass is 32.2. The molecule has 0 fully saturated rings. The van der Waals surface area contributed by atoms with Gasteiger partial charge in [0.15, 0.2) is 9.84 Å². The zero-order chi connectivity index (χ0) is 18.3. The van der Waals surface area contributed by atoms with Gasteiger partial charge in [-0.3, -0.25) is 4.79 Å². The van der Waals surface area contributed by atoms with E-state index in [1.165, 1.54) is 25.1 Å². The molecule has 24 heavy (non-hydrogen) atoms. The van der Waals surface area contributed by atoms with Crippen molar-refractivity contribution in [3.8, 4) is 5.75 Å². The van der Waals surface area contributed by atoms with Crippen LogP contribution in [-0.4, -0.2) is 24.7 Å². The molecule has 0 aliphatic carbocycles. The maximum atomic E-state index is 12.4. The van der Waals surface area contributed by atoms with Crippen molar-refractivity contribution in [2.24, 2.45) is 0 Å². The monoisotopic (exact) mass is 349 g/mol. The van der Waals surface area contributed by atoms with Crippen LogP contribution < -0.4 is 5.32 Å². The van der Waals surface area contributed by atoms with E-state index in [1.54, 1.807) is 37.3 Å². The van der Waals surface area contributed by atoms with Crippen molar-refractivity contribution in [3.63, 3.8) is 0 Å². The number of nitrogens with one attached hydrogen (secondary N) is 1. The van der Waals surface area contributed by atoms with Crippen LogP contribution in [0.2, 0.25) is 0 Å². The van der Waals surface area contributed by atoms with Gasteiger partial charge in [-0.25, -0.2) is 8.42 Å². The molecule has 2 rings (SSSR count). The first-order valence-electron chi connectivity index (χ1n) is 7.72. The quantitative estimate of drug-likeness (QED) is 0.884. The van der Waals surface area contributed by atoms with Gasteiger partial charge in [-0.2, -0.15) is 0 Å². The van der Waals surface area contributed by atoms with Crippen LogP contribution in [0.25, 0.3) is 0 Å². The van der Waals surface area contributed by atoms with Gasteiger partial charge in [0.1, 0.15) is 11.0 Å². The molecule has 0 heterocycles. The predicted molar refractivity (Wildman–Crippen MR) is 95.9 cm³/mol. The fraction of sp³-hybridized carbons (Fsp3) is 0.278. The van der Waals surface area contributed by atoms with E-state index in [-0.39, 0.29) is 10.6 Å². The van der Waals surface area contributed by atoms with E-state index < -0.39 is 21.0 Å². The summed E-state index contributed by atoms with van der Waals surface area (Å²) >= 11 is 0. The Labute approximate surface area is 143 Å². The molecule has 0 saturated heterocycles. The topological polar surface area (TPSA) is 83.5 Å². The number of phenols is 1. The molecule has 1 amide bonds. The van der Waals surface area contributed by atoms with Crippen LogP contribution in [0.3, 0.4) is 0 Å². The SMILES string of the molecule is CC.Cc1ccc(NC(=O)C(C)S(=O)(=O)c2ccccc2)cc1O. The van der Waals surface area contributed by atoms with Crippen LogP contribution in [0.1, 0.15) is 26.3 Å². The van der Waals surface area contributed by atoms with Gasteiger partial charge in [-0.1, -0.05) is 38.1 Å². The molecular formula is C18H23NO4S. The average molecular weight is 349 g/mol. The molecule has 0 radical (unpaired) electrons. The Morgan fingerprint density at radius 3 is 2.21 bits per heavy atom. The zero-order valence-corrected chi connectivity index (χ0v) is 15.1. The number of amides is 1. The fourth-order valence-corrected chi connectivity index (χ4v) is 3.17. The van der Waals surface area contributed by atoms with Gasteiger partial charge in [-0.15, -0.1) is 0 Å². The molecule has 1 unspecified atom stereocenters. The summed E-state index contributed by atoms with van der Waals surface area (Å²) in [5.41, 5.74) is 1.02. The number of aryl methyl sites for hydroxylation is 1. The first-order chi connectivity index (χ1) is 11.3. The predicted octanol–water partition coefficient (Wildman–Crippen LogP) is 3.53. The van der Waals surface area contributed by atoms with E-state index in [0.29, 0.717) is 11.3 Å². The number of hydrogen-bond acceptors (Lipinski definition) is 4. The maximum absolute atomic E-state index is 12.4. The minimum Gasteiger partial charge on any atom is -0.508 e. The highest BCUT2D eigenvalue weighted by Crippen LogP contribution is 2.22. The molecule has 5 nitrogen and oxygen atoms in total. The Morgan fingerprint density at radius 1 is 1.08 bits per heavy atom. The Hall–Kier alpha value is -2.34. The highest BCUT2D eigenvalue weighted by molar-refractivity contribution is 7.92. The van der Waals surface area contributed by atoms with Gasteiger partial charge in [-0.05, 0) is 37.6 Å². The summed E-state index contributed by atoms with van der Waals surface area (Å²) in [6.07, 6.45) is 0. The Kier molecular flexibility index (Phi) is 6.97. The van der Waals surface area contributed by atoms with E-state index in [9.17, 15) is 18.3 Å².